The molecular weight excluding hydrogens is 734 g/mol. The molecule has 300 valence electrons. The Balaban J connectivity index is 0.00000117. The molecule has 8 N–H and O–H groups in total. The molecule has 0 heterocycles. The molecule has 0 saturated heterocycles. The summed E-state index contributed by atoms with van der Waals surface area (Å²) in [5.74, 6) is -3.91. The first-order valence-corrected chi connectivity index (χ1v) is 18.9. The van der Waals surface area contributed by atoms with E-state index in [0.717, 1.165) is 5.56 Å². The zero-order chi connectivity index (χ0) is 41.3. The van der Waals surface area contributed by atoms with Crippen LogP contribution in [0.1, 0.15) is 45.7 Å². The van der Waals surface area contributed by atoms with E-state index in [1.807, 2.05) is 65.0 Å². The highest BCUT2D eigenvalue weighted by Crippen LogP contribution is 2.23. The van der Waals surface area contributed by atoms with Gasteiger partial charge in [-0.1, -0.05) is 83.1 Å². The molecule has 2 amide bonds. The van der Waals surface area contributed by atoms with Crippen LogP contribution in [-0.4, -0.2) is 89.6 Å². The lowest BCUT2D eigenvalue weighted by atomic mass is 9.85. The number of sulfonamides is 1. The third-order valence-electron chi connectivity index (χ3n) is 7.85. The molecule has 0 unspecified atom stereocenters. The number of benzene rings is 3. The number of carboxylic acid groups (broad SMARTS) is 2. The van der Waals surface area contributed by atoms with Gasteiger partial charge in [0.05, 0.1) is 23.6 Å². The van der Waals surface area contributed by atoms with E-state index in [1.165, 1.54) is 28.6 Å². The monoisotopic (exact) mass is 785 g/mol. The topological polar surface area (TPSA) is 228 Å². The number of hydrogen-bond donors (Lipinski definition) is 7. The highest BCUT2D eigenvalue weighted by Gasteiger charge is 2.36. The van der Waals surface area contributed by atoms with Crippen LogP contribution in [-0.2, 0) is 42.2 Å². The summed E-state index contributed by atoms with van der Waals surface area (Å²) in [4.78, 5) is 45.9. The number of carbonyl (C=O) groups excluding carboxylic acids is 2. The van der Waals surface area contributed by atoms with E-state index in [1.54, 1.807) is 24.3 Å². The third kappa shape index (κ3) is 16.8. The summed E-state index contributed by atoms with van der Waals surface area (Å²) in [7, 11) is -4.04. The number of aliphatic hydroxyl groups is 1. The predicted octanol–water partition coefficient (Wildman–Crippen LogP) is 3.18. The maximum atomic E-state index is 13.8. The van der Waals surface area contributed by atoms with Gasteiger partial charge in [-0.25, -0.2) is 22.4 Å². The predicted molar refractivity (Wildman–Crippen MR) is 206 cm³/mol. The van der Waals surface area contributed by atoms with Crippen LogP contribution in [0.25, 0.3) is 0 Å². The van der Waals surface area contributed by atoms with Crippen molar-refractivity contribution in [2.24, 2.45) is 11.3 Å². The van der Waals surface area contributed by atoms with Crippen molar-refractivity contribution in [2.45, 2.75) is 70.7 Å². The maximum absolute atomic E-state index is 13.8. The number of anilines is 1. The van der Waals surface area contributed by atoms with Crippen molar-refractivity contribution >= 4 is 39.5 Å². The zero-order valence-electron chi connectivity index (χ0n) is 31.6. The second-order valence-electron chi connectivity index (χ2n) is 14.3. The van der Waals surface area contributed by atoms with E-state index in [9.17, 15) is 37.1 Å². The van der Waals surface area contributed by atoms with Crippen LogP contribution in [0, 0.1) is 17.2 Å². The Kier molecular flexibility index (Phi) is 18.1. The molecule has 0 aliphatic rings. The first-order chi connectivity index (χ1) is 25.7. The normalized spacial score (nSPS) is 13.4. The fourth-order valence-electron chi connectivity index (χ4n) is 5.25. The Bertz CT molecular complexity index is 1850. The lowest BCUT2D eigenvalue weighted by Crippen LogP contribution is -2.59. The van der Waals surface area contributed by atoms with Gasteiger partial charge >= 0.3 is 11.9 Å². The minimum Gasteiger partial charge on any atom is -0.478 e. The van der Waals surface area contributed by atoms with Crippen LogP contribution in [0.15, 0.2) is 95.9 Å². The van der Waals surface area contributed by atoms with Crippen molar-refractivity contribution in [3.63, 3.8) is 0 Å². The summed E-state index contributed by atoms with van der Waals surface area (Å²) in [6.07, 6.45) is 0.0182. The molecule has 0 aliphatic carbocycles. The van der Waals surface area contributed by atoms with Gasteiger partial charge in [0.15, 0.2) is 0 Å². The average Bonchev–Trinajstić information content (AvgIpc) is 3.09. The molecule has 3 aromatic rings. The number of halogens is 1. The van der Waals surface area contributed by atoms with Crippen LogP contribution in [0.2, 0.25) is 0 Å². The first-order valence-electron chi connectivity index (χ1n) is 17.5. The number of nitrogens with two attached hydrogens (primary N) is 1. The van der Waals surface area contributed by atoms with Gasteiger partial charge < -0.3 is 37.0 Å². The Labute approximate surface area is 321 Å². The summed E-state index contributed by atoms with van der Waals surface area (Å²) in [5.41, 5.74) is 6.95. The molecule has 0 saturated carbocycles. The number of nitrogen functional groups attached to an aromatic ring is 1. The number of aliphatic carboxylic acids is 2. The fourth-order valence-corrected chi connectivity index (χ4v) is 6.93. The van der Waals surface area contributed by atoms with Gasteiger partial charge in [-0.05, 0) is 59.2 Å². The molecule has 16 heteroatoms. The van der Waals surface area contributed by atoms with Crippen LogP contribution in [0.4, 0.5) is 10.1 Å². The van der Waals surface area contributed by atoms with Crippen molar-refractivity contribution in [3.8, 4) is 0 Å². The number of carboxylic acids is 2. The average molecular weight is 786 g/mol. The number of amides is 2. The number of nitrogens with zero attached hydrogens (tertiary/aromatic N) is 1. The lowest BCUT2D eigenvalue weighted by Gasteiger charge is -2.34. The lowest BCUT2D eigenvalue weighted by molar-refractivity contribution is -0.134. The van der Waals surface area contributed by atoms with Crippen LogP contribution in [0.5, 0.6) is 0 Å². The number of nitrogens with one attached hydrogen (secondary N) is 3. The number of rotatable bonds is 18. The second kappa shape index (κ2) is 21.7. The summed E-state index contributed by atoms with van der Waals surface area (Å²) in [5, 5.41) is 35.9. The molecule has 0 radical (unpaired) electrons. The van der Waals surface area contributed by atoms with E-state index < -0.39 is 57.4 Å². The van der Waals surface area contributed by atoms with Crippen LogP contribution >= 0.6 is 0 Å². The van der Waals surface area contributed by atoms with Crippen molar-refractivity contribution in [3.05, 3.63) is 108 Å². The Morgan fingerprint density at radius 3 is 2.00 bits per heavy atom. The summed E-state index contributed by atoms with van der Waals surface area (Å²) in [6, 6.07) is 19.4. The minimum atomic E-state index is -4.04. The highest BCUT2D eigenvalue weighted by molar-refractivity contribution is 7.89. The van der Waals surface area contributed by atoms with Gasteiger partial charge in [0, 0.05) is 37.5 Å². The Morgan fingerprint density at radius 2 is 1.45 bits per heavy atom. The number of aliphatic hydroxyl groups excluding tert-OH is 1. The standard InChI is InChI=1S/C35H48FN5O5S.C4H4O4/c1-24(2)22-41(47(45,46)29-16-10-15-28(37)19-29)23-31(42)30(18-25-11-7-6-8-12-25)39-34(44)33(35(3,4)5)40-32(43)21-38-20-26-13-9-14-27(36)17-26;5-3(6)1-2-4(7)8/h6-17,19,24,30-31,33,38,42H,18,20-23,37H2,1-5H3,(H,39,44)(H,40,43);1-2H,(H,5,6)(H,7,8)/b;2-1+/t30-,31+,33+;/m0./s1. The third-order valence-corrected chi connectivity index (χ3v) is 9.68. The van der Waals surface area contributed by atoms with Crippen molar-refractivity contribution in [1.29, 1.82) is 0 Å². The van der Waals surface area contributed by atoms with E-state index in [-0.39, 0.29) is 49.2 Å². The van der Waals surface area contributed by atoms with Gasteiger partial charge in [-0.3, -0.25) is 9.59 Å². The fraction of sp³-hybridized carbons (Fsp3) is 0.385. The molecule has 3 rings (SSSR count). The van der Waals surface area contributed by atoms with Gasteiger partial charge in [0.1, 0.15) is 11.9 Å². The van der Waals surface area contributed by atoms with E-state index in [2.05, 4.69) is 16.0 Å². The number of carbonyl (C=O) groups is 4. The molecule has 3 aromatic carbocycles. The molecule has 0 spiro atoms. The quantitative estimate of drug-likeness (QED) is 0.0732. The summed E-state index contributed by atoms with van der Waals surface area (Å²) < 4.78 is 42.2. The van der Waals surface area contributed by atoms with E-state index in [4.69, 9.17) is 15.9 Å². The molecule has 0 fully saturated rings. The molecule has 0 bridgehead atoms. The van der Waals surface area contributed by atoms with Crippen LogP contribution in [0.3, 0.4) is 0 Å². The molecule has 0 aliphatic heterocycles. The van der Waals surface area contributed by atoms with Crippen molar-refractivity contribution in [2.75, 3.05) is 25.4 Å². The second-order valence-corrected chi connectivity index (χ2v) is 16.2. The maximum Gasteiger partial charge on any atom is 0.328 e. The molecular formula is C39H52FN5O9S. The number of hydrogen-bond acceptors (Lipinski definition) is 9. The van der Waals surface area contributed by atoms with Gasteiger partial charge in [-0.2, -0.15) is 4.31 Å². The molecule has 14 nitrogen and oxygen atoms in total. The van der Waals surface area contributed by atoms with Gasteiger partial charge in [0.2, 0.25) is 21.8 Å². The molecule has 55 heavy (non-hydrogen) atoms. The SMILES string of the molecule is CC(C)CN(C[C@@H](O)[C@H](Cc1ccccc1)NC(=O)[C@@H](NC(=O)CNCc1cccc(F)c1)C(C)(C)C)S(=O)(=O)c1cccc(N)c1.O=C(O)/C=C/C(=O)O. The largest absolute Gasteiger partial charge is 0.478 e. The smallest absolute Gasteiger partial charge is 0.328 e. The Morgan fingerprint density at radius 1 is 0.855 bits per heavy atom. The van der Waals surface area contributed by atoms with Crippen molar-refractivity contribution < 1.29 is 47.3 Å². The summed E-state index contributed by atoms with van der Waals surface area (Å²) in [6.45, 7) is 9.16. The van der Waals surface area contributed by atoms with Crippen LogP contribution < -0.4 is 21.7 Å². The summed E-state index contributed by atoms with van der Waals surface area (Å²) >= 11 is 0. The minimum absolute atomic E-state index is 0.00973. The highest BCUT2D eigenvalue weighted by atomic mass is 32.2. The zero-order valence-corrected chi connectivity index (χ0v) is 32.4. The van der Waals surface area contributed by atoms with Crippen molar-refractivity contribution in [1.82, 2.24) is 20.3 Å². The Hall–Kier alpha value is -5.16. The van der Waals surface area contributed by atoms with Gasteiger partial charge in [0.25, 0.3) is 0 Å². The molecule has 3 atom stereocenters. The molecule has 0 aromatic heterocycles. The van der Waals surface area contributed by atoms with E-state index in [0.29, 0.717) is 23.4 Å². The van der Waals surface area contributed by atoms with Gasteiger partial charge in [-0.15, -0.1) is 0 Å². The van der Waals surface area contributed by atoms with E-state index >= 15 is 0 Å². The first kappa shape index (κ1) is 46.0.